The zero-order chi connectivity index (χ0) is 12.8. The molecule has 0 aromatic rings. The summed E-state index contributed by atoms with van der Waals surface area (Å²) in [5.74, 6) is 1.81. The van der Waals surface area contributed by atoms with Gasteiger partial charge < -0.3 is 9.47 Å². The maximum atomic E-state index is 5.77. The molecule has 0 bridgehead atoms. The molecule has 0 spiro atoms. The van der Waals surface area contributed by atoms with E-state index in [0.29, 0.717) is 17.8 Å². The monoisotopic (exact) mass is 240 g/mol. The smallest absolute Gasteiger partial charge is 0.160 e. The lowest BCUT2D eigenvalue weighted by Gasteiger charge is -2.35. The lowest BCUT2D eigenvalue weighted by molar-refractivity contribution is -0.177. The van der Waals surface area contributed by atoms with E-state index >= 15 is 0 Å². The molecule has 0 aromatic carbocycles. The fourth-order valence-electron chi connectivity index (χ4n) is 2.53. The van der Waals surface area contributed by atoms with Crippen LogP contribution in [-0.4, -0.2) is 19.5 Å². The fraction of sp³-hybridized carbons (Fsp3) is 0.867. The Morgan fingerprint density at radius 2 is 1.82 bits per heavy atom. The highest BCUT2D eigenvalue weighted by Crippen LogP contribution is 2.36. The standard InChI is InChI=1S/C15H28O2/c1-6-16-15(17-7-2)14-10-13(11(3)4)9-8-12(14)5/h9,11-12,14-15H,6-8,10H2,1-5H3. The van der Waals surface area contributed by atoms with Crippen molar-refractivity contribution < 1.29 is 9.47 Å². The molecule has 0 aliphatic heterocycles. The Kier molecular flexibility index (Phi) is 6.21. The van der Waals surface area contributed by atoms with Gasteiger partial charge in [0.15, 0.2) is 6.29 Å². The van der Waals surface area contributed by atoms with Gasteiger partial charge in [-0.1, -0.05) is 32.4 Å². The van der Waals surface area contributed by atoms with Crippen molar-refractivity contribution in [2.45, 2.75) is 53.8 Å². The van der Waals surface area contributed by atoms with Gasteiger partial charge >= 0.3 is 0 Å². The third-order valence-electron chi connectivity index (χ3n) is 3.71. The Morgan fingerprint density at radius 1 is 1.24 bits per heavy atom. The summed E-state index contributed by atoms with van der Waals surface area (Å²) >= 11 is 0. The first-order valence-corrected chi connectivity index (χ1v) is 7.02. The molecular formula is C15H28O2. The van der Waals surface area contributed by atoms with Crippen LogP contribution in [0.1, 0.15) is 47.5 Å². The van der Waals surface area contributed by atoms with Crippen molar-refractivity contribution in [3.63, 3.8) is 0 Å². The molecule has 0 saturated heterocycles. The number of hydrogen-bond donors (Lipinski definition) is 0. The van der Waals surface area contributed by atoms with Crippen molar-refractivity contribution in [1.82, 2.24) is 0 Å². The lowest BCUT2D eigenvalue weighted by Crippen LogP contribution is -2.34. The average molecular weight is 240 g/mol. The van der Waals surface area contributed by atoms with Crippen molar-refractivity contribution in [1.29, 1.82) is 0 Å². The molecular weight excluding hydrogens is 212 g/mol. The molecule has 17 heavy (non-hydrogen) atoms. The molecule has 0 radical (unpaired) electrons. The van der Waals surface area contributed by atoms with E-state index in [2.05, 4.69) is 26.8 Å². The van der Waals surface area contributed by atoms with Gasteiger partial charge in [0.1, 0.15) is 0 Å². The Bertz CT molecular complexity index is 239. The molecule has 0 fully saturated rings. The van der Waals surface area contributed by atoms with E-state index in [1.54, 1.807) is 5.57 Å². The molecule has 0 aromatic heterocycles. The normalized spacial score (nSPS) is 25.5. The van der Waals surface area contributed by atoms with Crippen molar-refractivity contribution >= 4 is 0 Å². The van der Waals surface area contributed by atoms with Crippen LogP contribution in [-0.2, 0) is 9.47 Å². The van der Waals surface area contributed by atoms with Gasteiger partial charge in [-0.05, 0) is 38.5 Å². The van der Waals surface area contributed by atoms with Gasteiger partial charge in [-0.2, -0.15) is 0 Å². The van der Waals surface area contributed by atoms with Crippen LogP contribution < -0.4 is 0 Å². The Hall–Kier alpha value is -0.340. The van der Waals surface area contributed by atoms with E-state index in [1.165, 1.54) is 0 Å². The molecule has 0 N–H and O–H groups in total. The molecule has 100 valence electrons. The minimum absolute atomic E-state index is 0.0255. The van der Waals surface area contributed by atoms with E-state index in [4.69, 9.17) is 9.47 Å². The summed E-state index contributed by atoms with van der Waals surface area (Å²) in [5, 5.41) is 0. The van der Waals surface area contributed by atoms with Crippen LogP contribution in [0.3, 0.4) is 0 Å². The highest BCUT2D eigenvalue weighted by molar-refractivity contribution is 5.10. The van der Waals surface area contributed by atoms with Crippen LogP contribution in [0.2, 0.25) is 0 Å². The van der Waals surface area contributed by atoms with Crippen LogP contribution in [0.25, 0.3) is 0 Å². The van der Waals surface area contributed by atoms with Crippen LogP contribution in [0.15, 0.2) is 11.6 Å². The number of rotatable bonds is 6. The quantitative estimate of drug-likeness (QED) is 0.516. The Morgan fingerprint density at radius 3 is 2.29 bits per heavy atom. The largest absolute Gasteiger partial charge is 0.353 e. The molecule has 0 heterocycles. The van der Waals surface area contributed by atoms with Crippen molar-refractivity contribution in [2.75, 3.05) is 13.2 Å². The fourth-order valence-corrected chi connectivity index (χ4v) is 2.53. The average Bonchev–Trinajstić information content (AvgIpc) is 2.29. The lowest BCUT2D eigenvalue weighted by atomic mass is 9.77. The van der Waals surface area contributed by atoms with Gasteiger partial charge in [0.25, 0.3) is 0 Å². The summed E-state index contributed by atoms with van der Waals surface area (Å²) in [7, 11) is 0. The molecule has 0 saturated carbocycles. The third-order valence-corrected chi connectivity index (χ3v) is 3.71. The third kappa shape index (κ3) is 4.11. The summed E-state index contributed by atoms with van der Waals surface area (Å²) in [6, 6.07) is 0. The second kappa shape index (κ2) is 7.17. The van der Waals surface area contributed by atoms with E-state index in [9.17, 15) is 0 Å². The first-order valence-electron chi connectivity index (χ1n) is 7.02. The maximum absolute atomic E-state index is 5.77. The van der Waals surface area contributed by atoms with E-state index < -0.39 is 0 Å². The van der Waals surface area contributed by atoms with Crippen LogP contribution >= 0.6 is 0 Å². The zero-order valence-electron chi connectivity index (χ0n) is 12.0. The predicted octanol–water partition coefficient (Wildman–Crippen LogP) is 4.01. The summed E-state index contributed by atoms with van der Waals surface area (Å²) < 4.78 is 11.5. The number of allylic oxidation sites excluding steroid dienone is 2. The van der Waals surface area contributed by atoms with Gasteiger partial charge in [-0.15, -0.1) is 0 Å². The van der Waals surface area contributed by atoms with Crippen molar-refractivity contribution in [3.05, 3.63) is 11.6 Å². The van der Waals surface area contributed by atoms with E-state index in [-0.39, 0.29) is 6.29 Å². The summed E-state index contributed by atoms with van der Waals surface area (Å²) in [6.45, 7) is 12.4. The second-order valence-electron chi connectivity index (χ2n) is 5.29. The predicted molar refractivity (Wildman–Crippen MR) is 71.8 cm³/mol. The molecule has 2 atom stereocenters. The minimum atomic E-state index is -0.0255. The van der Waals surface area contributed by atoms with Gasteiger partial charge in [-0.25, -0.2) is 0 Å². The molecule has 1 aliphatic carbocycles. The molecule has 0 amide bonds. The van der Waals surface area contributed by atoms with Gasteiger partial charge in [0.2, 0.25) is 0 Å². The molecule has 2 nitrogen and oxygen atoms in total. The summed E-state index contributed by atoms with van der Waals surface area (Å²) in [4.78, 5) is 0. The Balaban J connectivity index is 2.69. The topological polar surface area (TPSA) is 18.5 Å². The second-order valence-corrected chi connectivity index (χ2v) is 5.29. The zero-order valence-corrected chi connectivity index (χ0v) is 12.0. The molecule has 2 heteroatoms. The highest BCUT2D eigenvalue weighted by atomic mass is 16.7. The minimum Gasteiger partial charge on any atom is -0.353 e. The Labute approximate surface area is 106 Å². The van der Waals surface area contributed by atoms with Crippen molar-refractivity contribution in [3.8, 4) is 0 Å². The van der Waals surface area contributed by atoms with Gasteiger partial charge in [-0.3, -0.25) is 0 Å². The highest BCUT2D eigenvalue weighted by Gasteiger charge is 2.31. The van der Waals surface area contributed by atoms with Crippen LogP contribution in [0.5, 0.6) is 0 Å². The first-order chi connectivity index (χ1) is 8.10. The van der Waals surface area contributed by atoms with Crippen molar-refractivity contribution in [2.24, 2.45) is 17.8 Å². The summed E-state index contributed by atoms with van der Waals surface area (Å²) in [6.07, 6.45) is 4.68. The van der Waals surface area contributed by atoms with E-state index in [1.807, 2.05) is 13.8 Å². The first kappa shape index (κ1) is 14.7. The SMILES string of the molecule is CCOC(OCC)C1CC(C(C)C)=CCC1C. The molecule has 1 rings (SSSR count). The van der Waals surface area contributed by atoms with E-state index in [0.717, 1.165) is 26.1 Å². The van der Waals surface area contributed by atoms with Gasteiger partial charge in [0, 0.05) is 19.1 Å². The molecule has 2 unspecified atom stereocenters. The summed E-state index contributed by atoms with van der Waals surface area (Å²) in [5.41, 5.74) is 1.57. The molecule has 1 aliphatic rings. The number of hydrogen-bond acceptors (Lipinski definition) is 2. The number of ether oxygens (including phenoxy) is 2. The van der Waals surface area contributed by atoms with Gasteiger partial charge in [0.05, 0.1) is 0 Å². The maximum Gasteiger partial charge on any atom is 0.160 e. The van der Waals surface area contributed by atoms with Crippen LogP contribution in [0, 0.1) is 17.8 Å². The van der Waals surface area contributed by atoms with Crippen LogP contribution in [0.4, 0.5) is 0 Å².